The van der Waals surface area contributed by atoms with Gasteiger partial charge in [-0.05, 0) is 18.1 Å². The highest BCUT2D eigenvalue weighted by Gasteiger charge is 2.24. The normalized spacial score (nSPS) is 15.3. The number of fused-ring (bicyclic) bond motifs is 1. The van der Waals surface area contributed by atoms with Crippen molar-refractivity contribution in [3.63, 3.8) is 0 Å². The minimum atomic E-state index is -0.0387. The SMILES string of the molecule is COCC1=CCN(C(=O)c2sc3nnccc3c2N)CC1. The van der Waals surface area contributed by atoms with Gasteiger partial charge in [-0.25, -0.2) is 0 Å². The Morgan fingerprint density at radius 3 is 3.10 bits per heavy atom. The summed E-state index contributed by atoms with van der Waals surface area (Å²) >= 11 is 1.30. The highest BCUT2D eigenvalue weighted by atomic mass is 32.1. The maximum absolute atomic E-state index is 12.6. The second-order valence-corrected chi connectivity index (χ2v) is 5.89. The molecule has 2 aromatic heterocycles. The Morgan fingerprint density at radius 2 is 2.43 bits per heavy atom. The lowest BCUT2D eigenvalue weighted by Gasteiger charge is -2.26. The number of thiophene rings is 1. The van der Waals surface area contributed by atoms with Crippen LogP contribution in [0.4, 0.5) is 5.69 Å². The Hall–Kier alpha value is -1.99. The van der Waals surface area contributed by atoms with Crippen molar-refractivity contribution in [3.8, 4) is 0 Å². The number of methoxy groups -OCH3 is 1. The van der Waals surface area contributed by atoms with E-state index in [0.29, 0.717) is 35.1 Å². The van der Waals surface area contributed by atoms with Gasteiger partial charge in [-0.1, -0.05) is 6.08 Å². The molecule has 2 N–H and O–H groups in total. The molecule has 1 aliphatic rings. The van der Waals surface area contributed by atoms with Gasteiger partial charge < -0.3 is 15.4 Å². The summed E-state index contributed by atoms with van der Waals surface area (Å²) in [6.45, 7) is 1.91. The van der Waals surface area contributed by atoms with Crippen LogP contribution in [0.2, 0.25) is 0 Å². The molecule has 0 radical (unpaired) electrons. The number of ether oxygens (including phenoxy) is 1. The lowest BCUT2D eigenvalue weighted by molar-refractivity contribution is 0.0771. The highest BCUT2D eigenvalue weighted by Crippen LogP contribution is 2.32. The van der Waals surface area contributed by atoms with E-state index < -0.39 is 0 Å². The molecule has 0 unspecified atom stereocenters. The van der Waals surface area contributed by atoms with Crippen molar-refractivity contribution in [2.24, 2.45) is 0 Å². The van der Waals surface area contributed by atoms with Crippen LogP contribution < -0.4 is 5.73 Å². The van der Waals surface area contributed by atoms with Crippen LogP contribution >= 0.6 is 11.3 Å². The van der Waals surface area contributed by atoms with Gasteiger partial charge in [-0.15, -0.1) is 16.4 Å². The Bertz CT molecular complexity index is 710. The molecule has 110 valence electrons. The van der Waals surface area contributed by atoms with Crippen LogP contribution in [0.25, 0.3) is 10.2 Å². The van der Waals surface area contributed by atoms with Crippen molar-refractivity contribution in [2.45, 2.75) is 6.42 Å². The van der Waals surface area contributed by atoms with E-state index in [2.05, 4.69) is 10.2 Å². The number of hydrogen-bond donors (Lipinski definition) is 1. The first kappa shape index (κ1) is 14.0. The Labute approximate surface area is 126 Å². The summed E-state index contributed by atoms with van der Waals surface area (Å²) in [7, 11) is 1.68. The lowest BCUT2D eigenvalue weighted by Crippen LogP contribution is -2.35. The zero-order chi connectivity index (χ0) is 14.8. The van der Waals surface area contributed by atoms with Gasteiger partial charge in [-0.3, -0.25) is 4.79 Å². The standard InChI is InChI=1S/C14H16N4O2S/c1-20-8-9-3-6-18(7-4-9)14(19)12-11(15)10-2-5-16-17-13(10)21-12/h2-3,5H,4,6-8,15H2,1H3. The molecule has 3 heterocycles. The van der Waals surface area contributed by atoms with Crippen LogP contribution in [0, 0.1) is 0 Å². The van der Waals surface area contributed by atoms with Crippen molar-refractivity contribution in [1.82, 2.24) is 15.1 Å². The van der Waals surface area contributed by atoms with E-state index in [9.17, 15) is 4.79 Å². The topological polar surface area (TPSA) is 81.3 Å². The van der Waals surface area contributed by atoms with Crippen molar-refractivity contribution >= 4 is 33.1 Å². The first-order valence-corrected chi connectivity index (χ1v) is 7.48. The summed E-state index contributed by atoms with van der Waals surface area (Å²) in [4.78, 5) is 15.7. The number of amides is 1. The van der Waals surface area contributed by atoms with Crippen molar-refractivity contribution in [2.75, 3.05) is 32.5 Å². The van der Waals surface area contributed by atoms with Crippen LogP contribution in [0.15, 0.2) is 23.9 Å². The summed E-state index contributed by atoms with van der Waals surface area (Å²) in [5.74, 6) is -0.0387. The number of nitrogens with zero attached hydrogens (tertiary/aromatic N) is 3. The molecule has 0 saturated heterocycles. The zero-order valence-corrected chi connectivity index (χ0v) is 12.5. The minimum Gasteiger partial charge on any atom is -0.397 e. The maximum Gasteiger partial charge on any atom is 0.266 e. The van der Waals surface area contributed by atoms with Gasteiger partial charge in [0.05, 0.1) is 18.5 Å². The average Bonchev–Trinajstić information content (AvgIpc) is 2.85. The molecule has 0 fully saturated rings. The number of carbonyl (C=O) groups is 1. The van der Waals surface area contributed by atoms with E-state index in [1.54, 1.807) is 24.3 Å². The predicted molar refractivity (Wildman–Crippen MR) is 82.3 cm³/mol. The van der Waals surface area contributed by atoms with E-state index in [-0.39, 0.29) is 5.91 Å². The number of nitrogens with two attached hydrogens (primary N) is 1. The molecule has 0 aliphatic carbocycles. The van der Waals surface area contributed by atoms with Gasteiger partial charge in [0.1, 0.15) is 9.71 Å². The molecule has 0 bridgehead atoms. The van der Waals surface area contributed by atoms with E-state index in [0.717, 1.165) is 11.8 Å². The molecule has 3 rings (SSSR count). The summed E-state index contributed by atoms with van der Waals surface area (Å²) < 4.78 is 5.12. The summed E-state index contributed by atoms with van der Waals surface area (Å²) in [5, 5.41) is 8.64. The minimum absolute atomic E-state index is 0.0387. The second kappa shape index (κ2) is 5.79. The van der Waals surface area contributed by atoms with E-state index >= 15 is 0 Å². The molecule has 6 nitrogen and oxygen atoms in total. The van der Waals surface area contributed by atoms with Gasteiger partial charge in [0.2, 0.25) is 0 Å². The van der Waals surface area contributed by atoms with E-state index in [1.807, 2.05) is 6.08 Å². The summed E-state index contributed by atoms with van der Waals surface area (Å²) in [5.41, 5.74) is 7.82. The van der Waals surface area contributed by atoms with Crippen LogP contribution in [-0.4, -0.2) is 47.8 Å². The Morgan fingerprint density at radius 1 is 1.57 bits per heavy atom. The van der Waals surface area contributed by atoms with Crippen LogP contribution in [0.5, 0.6) is 0 Å². The number of carbonyl (C=O) groups excluding carboxylic acids is 1. The monoisotopic (exact) mass is 304 g/mol. The van der Waals surface area contributed by atoms with E-state index in [1.165, 1.54) is 16.9 Å². The van der Waals surface area contributed by atoms with Gasteiger partial charge >= 0.3 is 0 Å². The van der Waals surface area contributed by atoms with Crippen molar-refractivity contribution < 1.29 is 9.53 Å². The smallest absolute Gasteiger partial charge is 0.266 e. The average molecular weight is 304 g/mol. The molecule has 2 aromatic rings. The third kappa shape index (κ3) is 2.62. The van der Waals surface area contributed by atoms with Crippen molar-refractivity contribution in [3.05, 3.63) is 28.8 Å². The maximum atomic E-state index is 12.6. The van der Waals surface area contributed by atoms with Gasteiger partial charge in [0.15, 0.2) is 0 Å². The van der Waals surface area contributed by atoms with Gasteiger partial charge in [-0.2, -0.15) is 5.10 Å². The first-order valence-electron chi connectivity index (χ1n) is 6.66. The molecule has 21 heavy (non-hydrogen) atoms. The zero-order valence-electron chi connectivity index (χ0n) is 11.7. The van der Waals surface area contributed by atoms with Gasteiger partial charge in [0.25, 0.3) is 5.91 Å². The lowest BCUT2D eigenvalue weighted by atomic mass is 10.1. The summed E-state index contributed by atoms with van der Waals surface area (Å²) in [6.07, 6.45) is 4.47. The van der Waals surface area contributed by atoms with Crippen LogP contribution in [-0.2, 0) is 4.74 Å². The molecule has 7 heteroatoms. The number of aromatic nitrogens is 2. The fourth-order valence-corrected chi connectivity index (χ4v) is 3.39. The van der Waals surface area contributed by atoms with Gasteiger partial charge in [0, 0.05) is 25.6 Å². The number of rotatable bonds is 3. The molecule has 1 aliphatic heterocycles. The molecule has 1 amide bonds. The largest absolute Gasteiger partial charge is 0.397 e. The Kier molecular flexibility index (Phi) is 3.85. The number of hydrogen-bond acceptors (Lipinski definition) is 6. The third-order valence-electron chi connectivity index (χ3n) is 3.53. The first-order chi connectivity index (χ1) is 10.2. The van der Waals surface area contributed by atoms with Crippen LogP contribution in [0.3, 0.4) is 0 Å². The fourth-order valence-electron chi connectivity index (χ4n) is 2.39. The third-order valence-corrected chi connectivity index (χ3v) is 4.63. The second-order valence-electron chi connectivity index (χ2n) is 4.89. The Balaban J connectivity index is 1.83. The molecular formula is C14H16N4O2S. The van der Waals surface area contributed by atoms with Crippen molar-refractivity contribution in [1.29, 1.82) is 0 Å². The molecule has 0 spiro atoms. The molecule has 0 atom stereocenters. The highest BCUT2D eigenvalue weighted by molar-refractivity contribution is 7.21. The molecule has 0 aromatic carbocycles. The number of nitrogen functional groups attached to an aromatic ring is 1. The van der Waals surface area contributed by atoms with E-state index in [4.69, 9.17) is 10.5 Å². The molecular weight excluding hydrogens is 288 g/mol. The van der Waals surface area contributed by atoms with Crippen LogP contribution in [0.1, 0.15) is 16.1 Å². The number of anilines is 1. The summed E-state index contributed by atoms with van der Waals surface area (Å²) in [6, 6.07) is 1.79. The quantitative estimate of drug-likeness (QED) is 0.873. The fraction of sp³-hybridized carbons (Fsp3) is 0.357. The molecule has 0 saturated carbocycles. The predicted octanol–water partition coefficient (Wildman–Crippen LogP) is 1.69.